The van der Waals surface area contributed by atoms with Gasteiger partial charge in [-0.05, 0) is 31.5 Å². The zero-order valence-electron chi connectivity index (χ0n) is 10.6. The molecule has 0 radical (unpaired) electrons. The Morgan fingerprint density at radius 2 is 2.32 bits per heavy atom. The Morgan fingerprint density at radius 1 is 1.53 bits per heavy atom. The number of hydrogen-bond acceptors (Lipinski definition) is 5. The molecule has 1 aromatic carbocycles. The highest BCUT2D eigenvalue weighted by Gasteiger charge is 2.29. The predicted octanol–water partition coefficient (Wildman–Crippen LogP) is 2.21. The molecule has 1 unspecified atom stereocenters. The standard InChI is InChI=1S/C13H13FN2O3/c1-3-18-13(17)11(12-15-8(2)16-19-12)9-5-4-6-10(14)7-9/h4-7,11H,3H2,1-2H3. The molecular weight excluding hydrogens is 251 g/mol. The van der Waals surface area contributed by atoms with Crippen molar-refractivity contribution in [3.63, 3.8) is 0 Å². The number of esters is 1. The second-order valence-corrected chi connectivity index (χ2v) is 3.92. The van der Waals surface area contributed by atoms with Crippen molar-refractivity contribution in [3.8, 4) is 0 Å². The van der Waals surface area contributed by atoms with Gasteiger partial charge in [-0.1, -0.05) is 17.3 Å². The van der Waals surface area contributed by atoms with E-state index in [1.165, 1.54) is 18.2 Å². The van der Waals surface area contributed by atoms with Gasteiger partial charge in [0.05, 0.1) is 6.61 Å². The van der Waals surface area contributed by atoms with Crippen molar-refractivity contribution in [1.29, 1.82) is 0 Å². The van der Waals surface area contributed by atoms with E-state index in [4.69, 9.17) is 9.26 Å². The number of halogens is 1. The first-order chi connectivity index (χ1) is 9.11. The van der Waals surface area contributed by atoms with E-state index >= 15 is 0 Å². The van der Waals surface area contributed by atoms with Gasteiger partial charge in [0.15, 0.2) is 11.7 Å². The smallest absolute Gasteiger partial charge is 0.323 e. The van der Waals surface area contributed by atoms with Crippen LogP contribution < -0.4 is 0 Å². The van der Waals surface area contributed by atoms with Crippen molar-refractivity contribution < 1.29 is 18.4 Å². The Morgan fingerprint density at radius 3 is 2.89 bits per heavy atom. The topological polar surface area (TPSA) is 65.2 Å². The van der Waals surface area contributed by atoms with Crippen LogP contribution in [0.15, 0.2) is 28.8 Å². The van der Waals surface area contributed by atoms with Crippen LogP contribution in [0.25, 0.3) is 0 Å². The zero-order valence-corrected chi connectivity index (χ0v) is 10.6. The summed E-state index contributed by atoms with van der Waals surface area (Å²) in [6.45, 7) is 3.55. The first-order valence-electron chi connectivity index (χ1n) is 5.84. The van der Waals surface area contributed by atoms with Gasteiger partial charge in [0.2, 0.25) is 5.89 Å². The normalized spacial score (nSPS) is 12.2. The number of ether oxygens (including phenoxy) is 1. The molecule has 0 amide bonds. The van der Waals surface area contributed by atoms with Crippen LogP contribution in [0, 0.1) is 12.7 Å². The summed E-state index contributed by atoms with van der Waals surface area (Å²) in [5.41, 5.74) is 0.419. The van der Waals surface area contributed by atoms with Gasteiger partial charge < -0.3 is 9.26 Å². The van der Waals surface area contributed by atoms with E-state index in [0.29, 0.717) is 11.4 Å². The molecule has 0 aliphatic carbocycles. The molecule has 0 saturated carbocycles. The third-order valence-corrected chi connectivity index (χ3v) is 2.49. The van der Waals surface area contributed by atoms with Gasteiger partial charge >= 0.3 is 5.97 Å². The predicted molar refractivity (Wildman–Crippen MR) is 63.9 cm³/mol. The van der Waals surface area contributed by atoms with Gasteiger partial charge in [-0.15, -0.1) is 0 Å². The van der Waals surface area contributed by atoms with E-state index in [2.05, 4.69) is 10.1 Å². The molecule has 6 heteroatoms. The third-order valence-electron chi connectivity index (χ3n) is 2.49. The number of rotatable bonds is 4. The lowest BCUT2D eigenvalue weighted by molar-refractivity contribution is -0.144. The van der Waals surface area contributed by atoms with E-state index in [1.54, 1.807) is 19.9 Å². The first kappa shape index (κ1) is 13.2. The van der Waals surface area contributed by atoms with Crippen molar-refractivity contribution in [2.24, 2.45) is 0 Å². The molecule has 100 valence electrons. The molecular formula is C13H13FN2O3. The maximum Gasteiger partial charge on any atom is 0.323 e. The van der Waals surface area contributed by atoms with Crippen molar-refractivity contribution in [2.75, 3.05) is 6.61 Å². The molecule has 0 aliphatic heterocycles. The lowest BCUT2D eigenvalue weighted by Crippen LogP contribution is -2.18. The number of carbonyl (C=O) groups excluding carboxylic acids is 1. The molecule has 0 aliphatic rings. The number of benzene rings is 1. The summed E-state index contributed by atoms with van der Waals surface area (Å²) in [6.07, 6.45) is 0. The third kappa shape index (κ3) is 2.96. The van der Waals surface area contributed by atoms with Crippen molar-refractivity contribution in [1.82, 2.24) is 10.1 Å². The van der Waals surface area contributed by atoms with E-state index in [1.807, 2.05) is 0 Å². The monoisotopic (exact) mass is 264 g/mol. The minimum Gasteiger partial charge on any atom is -0.465 e. The van der Waals surface area contributed by atoms with Crippen LogP contribution in [0.4, 0.5) is 4.39 Å². The second-order valence-electron chi connectivity index (χ2n) is 3.92. The maximum atomic E-state index is 13.3. The number of aryl methyl sites for hydroxylation is 1. The Balaban J connectivity index is 2.42. The summed E-state index contributed by atoms with van der Waals surface area (Å²) in [5, 5.41) is 3.64. The fourth-order valence-electron chi connectivity index (χ4n) is 1.72. The van der Waals surface area contributed by atoms with Crippen molar-refractivity contribution in [2.45, 2.75) is 19.8 Å². The molecule has 0 N–H and O–H groups in total. The van der Waals surface area contributed by atoms with Gasteiger partial charge in [-0.25, -0.2) is 4.39 Å². The van der Waals surface area contributed by atoms with E-state index < -0.39 is 17.7 Å². The van der Waals surface area contributed by atoms with Gasteiger partial charge in [0.25, 0.3) is 0 Å². The zero-order chi connectivity index (χ0) is 13.8. The van der Waals surface area contributed by atoms with Crippen LogP contribution in [0.3, 0.4) is 0 Å². The number of carbonyl (C=O) groups is 1. The Kier molecular flexibility index (Phi) is 3.89. The summed E-state index contributed by atoms with van der Waals surface area (Å²) >= 11 is 0. The minimum atomic E-state index is -0.906. The molecule has 19 heavy (non-hydrogen) atoms. The Hall–Kier alpha value is -2.24. The number of aromatic nitrogens is 2. The van der Waals surface area contributed by atoms with Crippen LogP contribution in [-0.4, -0.2) is 22.7 Å². The van der Waals surface area contributed by atoms with Crippen LogP contribution in [0.5, 0.6) is 0 Å². The summed E-state index contributed by atoms with van der Waals surface area (Å²) < 4.78 is 23.3. The lowest BCUT2D eigenvalue weighted by Gasteiger charge is -2.11. The van der Waals surface area contributed by atoms with E-state index in [-0.39, 0.29) is 12.5 Å². The van der Waals surface area contributed by atoms with Crippen molar-refractivity contribution in [3.05, 3.63) is 47.4 Å². The highest BCUT2D eigenvalue weighted by atomic mass is 19.1. The average Bonchev–Trinajstić information content (AvgIpc) is 2.76. The lowest BCUT2D eigenvalue weighted by atomic mass is 9.99. The summed E-state index contributed by atoms with van der Waals surface area (Å²) in [4.78, 5) is 16.0. The number of nitrogens with zero attached hydrogens (tertiary/aromatic N) is 2. The molecule has 1 aromatic heterocycles. The van der Waals surface area contributed by atoms with Gasteiger partial charge in [-0.2, -0.15) is 4.98 Å². The molecule has 1 heterocycles. The summed E-state index contributed by atoms with van der Waals surface area (Å²) in [6, 6.07) is 5.68. The maximum absolute atomic E-state index is 13.3. The molecule has 0 spiro atoms. The summed E-state index contributed by atoms with van der Waals surface area (Å²) in [5.74, 6) is -1.39. The second kappa shape index (κ2) is 5.60. The highest BCUT2D eigenvalue weighted by Crippen LogP contribution is 2.25. The molecule has 0 saturated heterocycles. The molecule has 0 fully saturated rings. The van der Waals surface area contributed by atoms with Gasteiger partial charge in [0.1, 0.15) is 5.82 Å². The van der Waals surface area contributed by atoms with Gasteiger partial charge in [-0.3, -0.25) is 4.79 Å². The Labute approximate surface area is 109 Å². The minimum absolute atomic E-state index is 0.0987. The fraction of sp³-hybridized carbons (Fsp3) is 0.308. The Bertz CT molecular complexity index is 583. The van der Waals surface area contributed by atoms with Crippen LogP contribution in [0.1, 0.15) is 30.1 Å². The molecule has 2 aromatic rings. The van der Waals surface area contributed by atoms with Crippen molar-refractivity contribution >= 4 is 5.97 Å². The molecule has 5 nitrogen and oxygen atoms in total. The summed E-state index contributed by atoms with van der Waals surface area (Å²) in [7, 11) is 0. The highest BCUT2D eigenvalue weighted by molar-refractivity contribution is 5.80. The quantitative estimate of drug-likeness (QED) is 0.792. The first-order valence-corrected chi connectivity index (χ1v) is 5.84. The van der Waals surface area contributed by atoms with Gasteiger partial charge in [0, 0.05) is 0 Å². The van der Waals surface area contributed by atoms with Crippen LogP contribution >= 0.6 is 0 Å². The largest absolute Gasteiger partial charge is 0.465 e. The molecule has 0 bridgehead atoms. The van der Waals surface area contributed by atoms with E-state index in [0.717, 1.165) is 0 Å². The number of hydrogen-bond donors (Lipinski definition) is 0. The van der Waals surface area contributed by atoms with Crippen LogP contribution in [-0.2, 0) is 9.53 Å². The average molecular weight is 264 g/mol. The fourth-order valence-corrected chi connectivity index (χ4v) is 1.72. The SMILES string of the molecule is CCOC(=O)C(c1cccc(F)c1)c1nc(C)no1. The molecule has 2 rings (SSSR count). The van der Waals surface area contributed by atoms with Crippen LogP contribution in [0.2, 0.25) is 0 Å². The molecule has 1 atom stereocenters. The van der Waals surface area contributed by atoms with E-state index in [9.17, 15) is 9.18 Å².